The standard InChI is InChI=1S/C21H21N3O5S/c1-28-18-11-6-15(13-19(18)29-2)14-21(25)23-16-7-9-17(10-8-16)30(26,27)24-20-5-3-4-12-22-20/h3-13H,14H2,1-2H3,(H,22,24)(H,23,25). The lowest BCUT2D eigenvalue weighted by Gasteiger charge is -2.10. The van der Waals surface area contributed by atoms with E-state index in [9.17, 15) is 13.2 Å². The van der Waals surface area contributed by atoms with Crippen LogP contribution in [0.4, 0.5) is 11.5 Å². The van der Waals surface area contributed by atoms with Gasteiger partial charge in [-0.3, -0.25) is 9.52 Å². The Kier molecular flexibility index (Phi) is 6.53. The number of nitrogens with one attached hydrogen (secondary N) is 2. The van der Waals surface area contributed by atoms with Crippen molar-refractivity contribution in [3.8, 4) is 11.5 Å². The fraction of sp³-hybridized carbons (Fsp3) is 0.143. The first-order chi connectivity index (χ1) is 14.4. The van der Waals surface area contributed by atoms with Gasteiger partial charge in [0.1, 0.15) is 5.82 Å². The quantitative estimate of drug-likeness (QED) is 0.572. The Labute approximate surface area is 174 Å². The molecule has 0 aliphatic heterocycles. The molecule has 30 heavy (non-hydrogen) atoms. The fourth-order valence-electron chi connectivity index (χ4n) is 2.72. The first-order valence-electron chi connectivity index (χ1n) is 8.96. The third-order valence-corrected chi connectivity index (χ3v) is 5.54. The number of carbonyl (C=O) groups excluding carboxylic acids is 1. The number of aromatic nitrogens is 1. The van der Waals surface area contributed by atoms with E-state index in [0.29, 0.717) is 17.2 Å². The second-order valence-corrected chi connectivity index (χ2v) is 7.94. The summed E-state index contributed by atoms with van der Waals surface area (Å²) in [6, 6.07) is 16.1. The molecule has 0 aliphatic carbocycles. The van der Waals surface area contributed by atoms with Crippen LogP contribution in [0.3, 0.4) is 0 Å². The summed E-state index contributed by atoms with van der Waals surface area (Å²) >= 11 is 0. The number of carbonyl (C=O) groups is 1. The number of hydrogen-bond donors (Lipinski definition) is 2. The van der Waals surface area contributed by atoms with Gasteiger partial charge in [0.05, 0.1) is 25.5 Å². The zero-order valence-electron chi connectivity index (χ0n) is 16.5. The Hall–Kier alpha value is -3.59. The zero-order valence-corrected chi connectivity index (χ0v) is 17.3. The average molecular weight is 427 g/mol. The van der Waals surface area contributed by atoms with Crippen molar-refractivity contribution in [2.45, 2.75) is 11.3 Å². The smallest absolute Gasteiger partial charge is 0.263 e. The maximum absolute atomic E-state index is 12.4. The van der Waals surface area contributed by atoms with E-state index >= 15 is 0 Å². The Balaban J connectivity index is 1.64. The number of anilines is 2. The van der Waals surface area contributed by atoms with Crippen molar-refractivity contribution < 1.29 is 22.7 Å². The van der Waals surface area contributed by atoms with E-state index in [1.807, 2.05) is 0 Å². The van der Waals surface area contributed by atoms with Crippen molar-refractivity contribution in [1.29, 1.82) is 0 Å². The van der Waals surface area contributed by atoms with E-state index in [1.54, 1.807) is 43.5 Å². The predicted octanol–water partition coefficient (Wildman–Crippen LogP) is 3.08. The lowest BCUT2D eigenvalue weighted by atomic mass is 10.1. The fourth-order valence-corrected chi connectivity index (χ4v) is 3.73. The van der Waals surface area contributed by atoms with Gasteiger partial charge in [0.2, 0.25) is 5.91 Å². The van der Waals surface area contributed by atoms with Crippen molar-refractivity contribution in [3.05, 3.63) is 72.4 Å². The highest BCUT2D eigenvalue weighted by molar-refractivity contribution is 7.92. The van der Waals surface area contributed by atoms with Crippen molar-refractivity contribution >= 4 is 27.4 Å². The van der Waals surface area contributed by atoms with Crippen LogP contribution < -0.4 is 19.5 Å². The van der Waals surface area contributed by atoms with Gasteiger partial charge in [0.25, 0.3) is 10.0 Å². The van der Waals surface area contributed by atoms with Gasteiger partial charge < -0.3 is 14.8 Å². The first-order valence-corrected chi connectivity index (χ1v) is 10.4. The van der Waals surface area contributed by atoms with Gasteiger partial charge in [-0.15, -0.1) is 0 Å². The monoisotopic (exact) mass is 427 g/mol. The van der Waals surface area contributed by atoms with E-state index in [-0.39, 0.29) is 23.0 Å². The molecule has 1 amide bonds. The second-order valence-electron chi connectivity index (χ2n) is 6.26. The van der Waals surface area contributed by atoms with Crippen LogP contribution >= 0.6 is 0 Å². The highest BCUT2D eigenvalue weighted by Gasteiger charge is 2.15. The molecule has 0 spiro atoms. The summed E-state index contributed by atoms with van der Waals surface area (Å²) in [5, 5.41) is 2.75. The van der Waals surface area contributed by atoms with Crippen molar-refractivity contribution in [2.75, 3.05) is 24.3 Å². The molecule has 9 heteroatoms. The predicted molar refractivity (Wildman–Crippen MR) is 113 cm³/mol. The largest absolute Gasteiger partial charge is 0.493 e. The van der Waals surface area contributed by atoms with Gasteiger partial charge in [-0.2, -0.15) is 0 Å². The van der Waals surface area contributed by atoms with E-state index in [0.717, 1.165) is 5.56 Å². The van der Waals surface area contributed by atoms with E-state index in [1.165, 1.54) is 37.6 Å². The minimum Gasteiger partial charge on any atom is -0.493 e. The molecule has 2 N–H and O–H groups in total. The van der Waals surface area contributed by atoms with Gasteiger partial charge in [0.15, 0.2) is 11.5 Å². The Morgan fingerprint density at radius 2 is 1.70 bits per heavy atom. The van der Waals surface area contributed by atoms with E-state index in [4.69, 9.17) is 9.47 Å². The summed E-state index contributed by atoms with van der Waals surface area (Å²) in [6.45, 7) is 0. The first kappa shape index (κ1) is 21.1. The molecule has 0 atom stereocenters. The molecular weight excluding hydrogens is 406 g/mol. The molecule has 0 fully saturated rings. The lowest BCUT2D eigenvalue weighted by Crippen LogP contribution is -2.15. The van der Waals surface area contributed by atoms with Crippen LogP contribution in [0.25, 0.3) is 0 Å². The number of benzene rings is 2. The van der Waals surface area contributed by atoms with Gasteiger partial charge in [-0.05, 0) is 54.1 Å². The molecule has 156 valence electrons. The molecule has 0 radical (unpaired) electrons. The molecule has 3 rings (SSSR count). The molecule has 0 aliphatic rings. The summed E-state index contributed by atoms with van der Waals surface area (Å²) in [6.07, 6.45) is 1.62. The molecule has 8 nitrogen and oxygen atoms in total. The van der Waals surface area contributed by atoms with Crippen LogP contribution in [-0.2, 0) is 21.2 Å². The van der Waals surface area contributed by atoms with Crippen LogP contribution in [0, 0.1) is 0 Å². The minimum atomic E-state index is -3.77. The molecule has 0 saturated carbocycles. The summed E-state index contributed by atoms with van der Waals surface area (Å²) in [4.78, 5) is 16.3. The summed E-state index contributed by atoms with van der Waals surface area (Å²) in [5.74, 6) is 1.10. The topological polar surface area (TPSA) is 107 Å². The van der Waals surface area contributed by atoms with Gasteiger partial charge in [0, 0.05) is 11.9 Å². The van der Waals surface area contributed by atoms with Crippen molar-refractivity contribution in [1.82, 2.24) is 4.98 Å². The van der Waals surface area contributed by atoms with Gasteiger partial charge in [-0.1, -0.05) is 12.1 Å². The highest BCUT2D eigenvalue weighted by atomic mass is 32.2. The Morgan fingerprint density at radius 3 is 2.33 bits per heavy atom. The molecule has 0 unspecified atom stereocenters. The van der Waals surface area contributed by atoms with Gasteiger partial charge >= 0.3 is 0 Å². The second kappa shape index (κ2) is 9.27. The van der Waals surface area contributed by atoms with Crippen LogP contribution in [0.1, 0.15) is 5.56 Å². The third kappa shape index (κ3) is 5.26. The van der Waals surface area contributed by atoms with Crippen molar-refractivity contribution in [2.24, 2.45) is 0 Å². The normalized spacial score (nSPS) is 10.9. The Morgan fingerprint density at radius 1 is 0.967 bits per heavy atom. The van der Waals surface area contributed by atoms with Crippen LogP contribution in [0.2, 0.25) is 0 Å². The van der Waals surface area contributed by atoms with Crippen LogP contribution in [0.15, 0.2) is 71.8 Å². The number of amides is 1. The summed E-state index contributed by atoms with van der Waals surface area (Å²) in [7, 11) is -0.703. The molecule has 3 aromatic rings. The Bertz CT molecular complexity index is 1120. The van der Waals surface area contributed by atoms with E-state index in [2.05, 4.69) is 15.0 Å². The number of hydrogen-bond acceptors (Lipinski definition) is 6. The summed E-state index contributed by atoms with van der Waals surface area (Å²) < 4.78 is 37.7. The number of nitrogens with zero attached hydrogens (tertiary/aromatic N) is 1. The molecule has 1 aromatic heterocycles. The van der Waals surface area contributed by atoms with Crippen molar-refractivity contribution in [3.63, 3.8) is 0 Å². The number of pyridine rings is 1. The minimum absolute atomic E-state index is 0.0612. The van der Waals surface area contributed by atoms with Crippen LogP contribution in [-0.4, -0.2) is 33.5 Å². The van der Waals surface area contributed by atoms with Gasteiger partial charge in [-0.25, -0.2) is 13.4 Å². The maximum atomic E-state index is 12.4. The maximum Gasteiger partial charge on any atom is 0.263 e. The average Bonchev–Trinajstić information content (AvgIpc) is 2.74. The molecule has 0 bridgehead atoms. The molecule has 1 heterocycles. The number of methoxy groups -OCH3 is 2. The summed E-state index contributed by atoms with van der Waals surface area (Å²) in [5.41, 5.74) is 1.24. The van der Waals surface area contributed by atoms with E-state index < -0.39 is 10.0 Å². The number of ether oxygens (including phenoxy) is 2. The zero-order chi connectivity index (χ0) is 21.6. The molecule has 2 aromatic carbocycles. The number of sulfonamides is 1. The third-order valence-electron chi connectivity index (χ3n) is 4.16. The molecular formula is C21H21N3O5S. The molecule has 0 saturated heterocycles. The number of rotatable bonds is 8. The lowest BCUT2D eigenvalue weighted by molar-refractivity contribution is -0.115. The van der Waals surface area contributed by atoms with Crippen LogP contribution in [0.5, 0.6) is 11.5 Å². The SMILES string of the molecule is COc1ccc(CC(=O)Nc2ccc(S(=O)(=O)Nc3ccccn3)cc2)cc1OC. The highest BCUT2D eigenvalue weighted by Crippen LogP contribution is 2.27.